The molecule has 0 bridgehead atoms. The van der Waals surface area contributed by atoms with E-state index in [1.54, 1.807) is 0 Å². The van der Waals surface area contributed by atoms with Crippen molar-refractivity contribution in [3.8, 4) is 0 Å². The van der Waals surface area contributed by atoms with Crippen LogP contribution in [0.15, 0.2) is 34.9 Å². The number of benzene rings is 1. The van der Waals surface area contributed by atoms with Gasteiger partial charge in [0, 0.05) is 19.0 Å². The maximum absolute atomic E-state index is 5.39. The van der Waals surface area contributed by atoms with Gasteiger partial charge >= 0.3 is 0 Å². The first-order valence-corrected chi connectivity index (χ1v) is 7.33. The summed E-state index contributed by atoms with van der Waals surface area (Å²) in [5.74, 6) is 1.58. The molecule has 0 atom stereocenters. The molecule has 4 nitrogen and oxygen atoms in total. The van der Waals surface area contributed by atoms with Crippen LogP contribution in [0, 0.1) is 0 Å². The lowest BCUT2D eigenvalue weighted by atomic mass is 9.95. The van der Waals surface area contributed by atoms with Crippen molar-refractivity contribution in [2.24, 2.45) is 0 Å². The standard InChI is InChI=1S/C16H21N3O/c1-12(2)17-11-8-14-18-15(19-20-14)16(9-10-16)13-6-4-3-5-7-13/h3-7,12,17H,8-11H2,1-2H3. The third-order valence-electron chi connectivity index (χ3n) is 3.86. The van der Waals surface area contributed by atoms with Crippen LogP contribution >= 0.6 is 0 Å². The van der Waals surface area contributed by atoms with E-state index in [1.807, 2.05) is 6.07 Å². The zero-order chi connectivity index (χ0) is 14.0. The zero-order valence-corrected chi connectivity index (χ0v) is 12.1. The largest absolute Gasteiger partial charge is 0.339 e. The first-order chi connectivity index (χ1) is 9.71. The van der Waals surface area contributed by atoms with Crippen LogP contribution in [-0.2, 0) is 11.8 Å². The smallest absolute Gasteiger partial charge is 0.227 e. The van der Waals surface area contributed by atoms with Crippen molar-refractivity contribution in [1.29, 1.82) is 0 Å². The van der Waals surface area contributed by atoms with Crippen LogP contribution in [0.3, 0.4) is 0 Å². The lowest BCUT2D eigenvalue weighted by molar-refractivity contribution is 0.366. The molecule has 1 N–H and O–H groups in total. The molecule has 1 aliphatic rings. The number of nitrogens with zero attached hydrogens (tertiary/aromatic N) is 2. The summed E-state index contributed by atoms with van der Waals surface area (Å²) < 4.78 is 5.39. The van der Waals surface area contributed by atoms with Gasteiger partial charge in [-0.25, -0.2) is 0 Å². The molecule has 1 aliphatic carbocycles. The highest BCUT2D eigenvalue weighted by molar-refractivity contribution is 5.38. The van der Waals surface area contributed by atoms with E-state index < -0.39 is 0 Å². The Bertz CT molecular complexity index is 558. The van der Waals surface area contributed by atoms with Gasteiger partial charge in [0.2, 0.25) is 5.89 Å². The van der Waals surface area contributed by atoms with Crippen LogP contribution in [0.25, 0.3) is 0 Å². The van der Waals surface area contributed by atoms with E-state index in [-0.39, 0.29) is 5.41 Å². The van der Waals surface area contributed by atoms with Gasteiger partial charge in [-0.05, 0) is 18.4 Å². The molecule has 1 aromatic carbocycles. The number of hydrogen-bond donors (Lipinski definition) is 1. The summed E-state index contributed by atoms with van der Waals surface area (Å²) in [6.45, 7) is 5.14. The third kappa shape index (κ3) is 2.61. The van der Waals surface area contributed by atoms with Gasteiger partial charge in [-0.1, -0.05) is 49.3 Å². The lowest BCUT2D eigenvalue weighted by Gasteiger charge is -2.10. The highest BCUT2D eigenvalue weighted by Crippen LogP contribution is 2.52. The Morgan fingerprint density at radius 2 is 2.00 bits per heavy atom. The van der Waals surface area contributed by atoms with Gasteiger partial charge in [0.05, 0.1) is 5.41 Å². The van der Waals surface area contributed by atoms with Gasteiger partial charge in [-0.15, -0.1) is 0 Å². The van der Waals surface area contributed by atoms with Crippen molar-refractivity contribution in [2.75, 3.05) is 6.54 Å². The number of hydrogen-bond acceptors (Lipinski definition) is 4. The topological polar surface area (TPSA) is 51.0 Å². The fraction of sp³-hybridized carbons (Fsp3) is 0.500. The monoisotopic (exact) mass is 271 g/mol. The molecule has 3 rings (SSSR count). The Hall–Kier alpha value is -1.68. The summed E-state index contributed by atoms with van der Waals surface area (Å²) in [5.41, 5.74) is 1.31. The molecule has 20 heavy (non-hydrogen) atoms. The fourth-order valence-electron chi connectivity index (χ4n) is 2.54. The van der Waals surface area contributed by atoms with E-state index in [2.05, 4.69) is 53.6 Å². The molecule has 0 spiro atoms. The molecule has 1 aromatic heterocycles. The van der Waals surface area contributed by atoms with Crippen molar-refractivity contribution in [3.05, 3.63) is 47.6 Å². The number of nitrogens with one attached hydrogen (secondary N) is 1. The van der Waals surface area contributed by atoms with Crippen LogP contribution in [0.5, 0.6) is 0 Å². The van der Waals surface area contributed by atoms with Gasteiger partial charge in [0.1, 0.15) is 0 Å². The van der Waals surface area contributed by atoms with Gasteiger partial charge in [-0.2, -0.15) is 4.98 Å². The quantitative estimate of drug-likeness (QED) is 0.877. The molecule has 1 heterocycles. The Balaban J connectivity index is 1.71. The highest BCUT2D eigenvalue weighted by atomic mass is 16.5. The van der Waals surface area contributed by atoms with E-state index in [1.165, 1.54) is 5.56 Å². The van der Waals surface area contributed by atoms with Crippen LogP contribution in [0.2, 0.25) is 0 Å². The van der Waals surface area contributed by atoms with Crippen molar-refractivity contribution < 1.29 is 4.52 Å². The molecule has 0 saturated heterocycles. The van der Waals surface area contributed by atoms with Crippen LogP contribution in [0.4, 0.5) is 0 Å². The average Bonchev–Trinajstić information content (AvgIpc) is 3.13. The van der Waals surface area contributed by atoms with Crippen molar-refractivity contribution in [3.63, 3.8) is 0 Å². The first kappa shape index (κ1) is 13.3. The van der Waals surface area contributed by atoms with Crippen LogP contribution in [0.1, 0.15) is 44.0 Å². The first-order valence-electron chi connectivity index (χ1n) is 7.33. The van der Waals surface area contributed by atoms with Crippen molar-refractivity contribution in [2.45, 2.75) is 44.6 Å². The van der Waals surface area contributed by atoms with E-state index in [9.17, 15) is 0 Å². The summed E-state index contributed by atoms with van der Waals surface area (Å²) in [6, 6.07) is 11.0. The molecule has 1 fully saturated rings. The van der Waals surface area contributed by atoms with E-state index in [0.717, 1.165) is 37.5 Å². The Labute approximate surface area is 119 Å². The molecule has 1 saturated carbocycles. The third-order valence-corrected chi connectivity index (χ3v) is 3.86. The molecule has 0 radical (unpaired) electrons. The maximum Gasteiger partial charge on any atom is 0.227 e. The van der Waals surface area contributed by atoms with E-state index >= 15 is 0 Å². The molecular formula is C16H21N3O. The summed E-state index contributed by atoms with van der Waals surface area (Å²) in [7, 11) is 0. The van der Waals surface area contributed by atoms with E-state index in [0.29, 0.717) is 6.04 Å². The number of rotatable bonds is 6. The van der Waals surface area contributed by atoms with Crippen LogP contribution < -0.4 is 5.32 Å². The fourth-order valence-corrected chi connectivity index (χ4v) is 2.54. The van der Waals surface area contributed by atoms with Gasteiger partial charge in [0.25, 0.3) is 0 Å². The summed E-state index contributed by atoms with van der Waals surface area (Å²) in [4.78, 5) is 4.60. The molecular weight excluding hydrogens is 250 g/mol. The second-order valence-corrected chi connectivity index (χ2v) is 5.82. The van der Waals surface area contributed by atoms with Gasteiger partial charge in [0.15, 0.2) is 5.82 Å². The molecule has 2 aromatic rings. The molecule has 4 heteroatoms. The SMILES string of the molecule is CC(C)NCCc1nc(C2(c3ccccc3)CC2)no1. The lowest BCUT2D eigenvalue weighted by Crippen LogP contribution is -2.25. The molecule has 106 valence electrons. The summed E-state index contributed by atoms with van der Waals surface area (Å²) in [6.07, 6.45) is 3.01. The second kappa shape index (κ2) is 5.37. The molecule has 0 unspecified atom stereocenters. The molecule has 0 amide bonds. The van der Waals surface area contributed by atoms with Crippen molar-refractivity contribution in [1.82, 2.24) is 15.5 Å². The molecule has 0 aliphatic heterocycles. The Kier molecular flexibility index (Phi) is 3.57. The second-order valence-electron chi connectivity index (χ2n) is 5.82. The predicted molar refractivity (Wildman–Crippen MR) is 77.6 cm³/mol. The minimum absolute atomic E-state index is 0.00842. The normalized spacial score (nSPS) is 16.6. The maximum atomic E-state index is 5.39. The highest BCUT2D eigenvalue weighted by Gasteiger charge is 2.49. The zero-order valence-electron chi connectivity index (χ0n) is 12.1. The Morgan fingerprint density at radius 1 is 1.25 bits per heavy atom. The summed E-state index contributed by atoms with van der Waals surface area (Å²) >= 11 is 0. The number of aromatic nitrogens is 2. The predicted octanol–water partition coefficient (Wildman–Crippen LogP) is 2.69. The van der Waals surface area contributed by atoms with Gasteiger partial charge in [-0.3, -0.25) is 0 Å². The average molecular weight is 271 g/mol. The minimum Gasteiger partial charge on any atom is -0.339 e. The van der Waals surface area contributed by atoms with E-state index in [4.69, 9.17) is 4.52 Å². The van der Waals surface area contributed by atoms with Crippen molar-refractivity contribution >= 4 is 0 Å². The van der Waals surface area contributed by atoms with Crippen LogP contribution in [-0.4, -0.2) is 22.7 Å². The minimum atomic E-state index is 0.00842. The van der Waals surface area contributed by atoms with Gasteiger partial charge < -0.3 is 9.84 Å². The summed E-state index contributed by atoms with van der Waals surface area (Å²) in [5, 5.41) is 7.57. The Morgan fingerprint density at radius 3 is 2.65 bits per heavy atom.